The standard InChI is InChI=1S/C15H27N3/c1-4-14(15(3)10-11-15)18-17-13(2)9-7-5-6-8-12-16/h4H,2,5-12,16H2,1,3H3/b14-4-,18-17?. The van der Waals surface area contributed by atoms with E-state index in [1.807, 2.05) is 6.92 Å². The van der Waals surface area contributed by atoms with E-state index in [1.54, 1.807) is 0 Å². The second kappa shape index (κ2) is 7.47. The van der Waals surface area contributed by atoms with Crippen LogP contribution in [0.5, 0.6) is 0 Å². The largest absolute Gasteiger partial charge is 0.330 e. The lowest BCUT2D eigenvalue weighted by molar-refractivity contribution is 0.635. The highest BCUT2D eigenvalue weighted by molar-refractivity contribution is 5.18. The summed E-state index contributed by atoms with van der Waals surface area (Å²) in [4.78, 5) is 0. The predicted molar refractivity (Wildman–Crippen MR) is 77.2 cm³/mol. The molecule has 1 rings (SSSR count). The van der Waals surface area contributed by atoms with Gasteiger partial charge in [-0.2, -0.15) is 10.2 Å². The molecular formula is C15H27N3. The zero-order valence-electron chi connectivity index (χ0n) is 11.9. The highest BCUT2D eigenvalue weighted by Crippen LogP contribution is 2.51. The van der Waals surface area contributed by atoms with E-state index < -0.39 is 0 Å². The lowest BCUT2D eigenvalue weighted by Crippen LogP contribution is -1.97. The van der Waals surface area contributed by atoms with E-state index in [0.717, 1.165) is 37.2 Å². The molecule has 0 unspecified atom stereocenters. The van der Waals surface area contributed by atoms with Crippen molar-refractivity contribution in [2.75, 3.05) is 6.54 Å². The van der Waals surface area contributed by atoms with Gasteiger partial charge in [0.05, 0.1) is 11.4 Å². The van der Waals surface area contributed by atoms with Gasteiger partial charge in [0.1, 0.15) is 0 Å². The smallest absolute Gasteiger partial charge is 0.0647 e. The van der Waals surface area contributed by atoms with Crippen molar-refractivity contribution in [3.8, 4) is 0 Å². The van der Waals surface area contributed by atoms with E-state index in [1.165, 1.54) is 25.7 Å². The number of rotatable bonds is 9. The summed E-state index contributed by atoms with van der Waals surface area (Å²) in [5.74, 6) is 0. The minimum atomic E-state index is 0.291. The van der Waals surface area contributed by atoms with E-state index in [2.05, 4.69) is 29.8 Å². The van der Waals surface area contributed by atoms with Gasteiger partial charge in [0, 0.05) is 5.41 Å². The van der Waals surface area contributed by atoms with Crippen LogP contribution in [0.25, 0.3) is 0 Å². The SMILES string of the molecule is C=C(CCCCCCN)N=N/C(=C\C)C1(C)CC1. The van der Waals surface area contributed by atoms with Crippen LogP contribution in [0.2, 0.25) is 0 Å². The first kappa shape index (κ1) is 15.1. The monoisotopic (exact) mass is 249 g/mol. The van der Waals surface area contributed by atoms with Gasteiger partial charge in [-0.05, 0) is 45.6 Å². The Labute approximate surface area is 111 Å². The molecule has 1 aliphatic carbocycles. The quantitative estimate of drug-likeness (QED) is 0.472. The van der Waals surface area contributed by atoms with Crippen molar-refractivity contribution in [2.45, 2.75) is 58.8 Å². The first-order valence-electron chi connectivity index (χ1n) is 7.09. The number of nitrogens with zero attached hydrogens (tertiary/aromatic N) is 2. The molecular weight excluding hydrogens is 222 g/mol. The Balaban J connectivity index is 2.22. The average molecular weight is 249 g/mol. The van der Waals surface area contributed by atoms with Crippen molar-refractivity contribution >= 4 is 0 Å². The van der Waals surface area contributed by atoms with Crippen LogP contribution in [-0.4, -0.2) is 6.54 Å². The average Bonchev–Trinajstić information content (AvgIpc) is 3.08. The molecule has 0 radical (unpaired) electrons. The third-order valence-corrected chi connectivity index (χ3v) is 3.61. The predicted octanol–water partition coefficient (Wildman–Crippen LogP) is 4.57. The number of hydrogen-bond donors (Lipinski definition) is 1. The summed E-state index contributed by atoms with van der Waals surface area (Å²) in [6, 6.07) is 0. The van der Waals surface area contributed by atoms with Gasteiger partial charge < -0.3 is 5.73 Å². The summed E-state index contributed by atoms with van der Waals surface area (Å²) in [7, 11) is 0. The van der Waals surface area contributed by atoms with Crippen LogP contribution >= 0.6 is 0 Å². The second-order valence-corrected chi connectivity index (χ2v) is 5.45. The van der Waals surface area contributed by atoms with E-state index in [0.29, 0.717) is 5.41 Å². The van der Waals surface area contributed by atoms with Crippen LogP contribution in [0.4, 0.5) is 0 Å². The number of azo groups is 1. The van der Waals surface area contributed by atoms with Crippen molar-refractivity contribution in [1.82, 2.24) is 0 Å². The van der Waals surface area contributed by atoms with Gasteiger partial charge in [-0.25, -0.2) is 0 Å². The van der Waals surface area contributed by atoms with Crippen LogP contribution in [-0.2, 0) is 0 Å². The number of hydrogen-bond acceptors (Lipinski definition) is 3. The molecule has 102 valence electrons. The van der Waals surface area contributed by atoms with Crippen LogP contribution in [0.3, 0.4) is 0 Å². The fraction of sp³-hybridized carbons (Fsp3) is 0.733. The Morgan fingerprint density at radius 3 is 2.44 bits per heavy atom. The molecule has 0 aromatic carbocycles. The number of nitrogens with two attached hydrogens (primary N) is 1. The fourth-order valence-corrected chi connectivity index (χ4v) is 1.97. The molecule has 3 heteroatoms. The second-order valence-electron chi connectivity index (χ2n) is 5.45. The summed E-state index contributed by atoms with van der Waals surface area (Å²) in [5.41, 5.74) is 7.76. The number of unbranched alkanes of at least 4 members (excludes halogenated alkanes) is 3. The molecule has 0 heterocycles. The molecule has 1 aliphatic rings. The lowest BCUT2D eigenvalue weighted by Gasteiger charge is -2.07. The van der Waals surface area contributed by atoms with Gasteiger partial charge in [0.15, 0.2) is 0 Å². The molecule has 1 fully saturated rings. The molecule has 3 nitrogen and oxygen atoms in total. The van der Waals surface area contributed by atoms with Gasteiger partial charge in [-0.3, -0.25) is 0 Å². The van der Waals surface area contributed by atoms with Crippen LogP contribution in [0.15, 0.2) is 34.3 Å². The molecule has 0 aromatic heterocycles. The molecule has 0 bridgehead atoms. The van der Waals surface area contributed by atoms with Crippen molar-refractivity contribution < 1.29 is 0 Å². The Morgan fingerprint density at radius 1 is 1.22 bits per heavy atom. The molecule has 0 spiro atoms. The summed E-state index contributed by atoms with van der Waals surface area (Å²) >= 11 is 0. The van der Waals surface area contributed by atoms with Gasteiger partial charge in [0.25, 0.3) is 0 Å². The van der Waals surface area contributed by atoms with Crippen molar-refractivity contribution in [3.63, 3.8) is 0 Å². The van der Waals surface area contributed by atoms with Crippen molar-refractivity contribution in [1.29, 1.82) is 0 Å². The van der Waals surface area contributed by atoms with E-state index in [4.69, 9.17) is 5.73 Å². The summed E-state index contributed by atoms with van der Waals surface area (Å²) in [5, 5.41) is 8.61. The van der Waals surface area contributed by atoms with Crippen molar-refractivity contribution in [3.05, 3.63) is 24.0 Å². The minimum absolute atomic E-state index is 0.291. The fourth-order valence-electron chi connectivity index (χ4n) is 1.97. The van der Waals surface area contributed by atoms with E-state index in [-0.39, 0.29) is 0 Å². The van der Waals surface area contributed by atoms with E-state index >= 15 is 0 Å². The molecule has 0 atom stereocenters. The Kier molecular flexibility index (Phi) is 6.27. The zero-order valence-corrected chi connectivity index (χ0v) is 11.9. The maximum atomic E-state index is 5.46. The highest BCUT2D eigenvalue weighted by atomic mass is 15.1. The maximum Gasteiger partial charge on any atom is 0.0647 e. The van der Waals surface area contributed by atoms with Gasteiger partial charge in [-0.1, -0.05) is 32.4 Å². The summed E-state index contributed by atoms with van der Waals surface area (Å²) in [6.45, 7) is 9.05. The number of allylic oxidation sites excluding steroid dienone is 3. The summed E-state index contributed by atoms with van der Waals surface area (Å²) in [6.07, 6.45) is 10.2. The van der Waals surface area contributed by atoms with Gasteiger partial charge in [0.2, 0.25) is 0 Å². The van der Waals surface area contributed by atoms with Gasteiger partial charge in [-0.15, -0.1) is 0 Å². The minimum Gasteiger partial charge on any atom is -0.330 e. The molecule has 0 aliphatic heterocycles. The van der Waals surface area contributed by atoms with Crippen LogP contribution in [0.1, 0.15) is 58.8 Å². The third kappa shape index (κ3) is 5.13. The molecule has 0 aromatic rings. The Morgan fingerprint density at radius 2 is 1.89 bits per heavy atom. The maximum absolute atomic E-state index is 5.46. The van der Waals surface area contributed by atoms with E-state index in [9.17, 15) is 0 Å². The van der Waals surface area contributed by atoms with Gasteiger partial charge >= 0.3 is 0 Å². The molecule has 18 heavy (non-hydrogen) atoms. The first-order valence-corrected chi connectivity index (χ1v) is 7.09. The first-order chi connectivity index (χ1) is 8.62. The zero-order chi connectivity index (χ0) is 13.4. The van der Waals surface area contributed by atoms with Crippen LogP contribution in [0, 0.1) is 5.41 Å². The topological polar surface area (TPSA) is 50.7 Å². The normalized spacial score (nSPS) is 18.3. The lowest BCUT2D eigenvalue weighted by atomic mass is 10.1. The Hall–Kier alpha value is -0.960. The third-order valence-electron chi connectivity index (χ3n) is 3.61. The molecule has 2 N–H and O–H groups in total. The van der Waals surface area contributed by atoms with Crippen molar-refractivity contribution in [2.24, 2.45) is 21.4 Å². The summed E-state index contributed by atoms with van der Waals surface area (Å²) < 4.78 is 0. The highest BCUT2D eigenvalue weighted by Gasteiger charge is 2.41. The van der Waals surface area contributed by atoms with Crippen LogP contribution < -0.4 is 5.73 Å². The molecule has 1 saturated carbocycles. The Bertz CT molecular complexity index is 325. The molecule has 0 amide bonds. The molecule has 0 saturated heterocycles.